The fourth-order valence-electron chi connectivity index (χ4n) is 2.10. The van der Waals surface area contributed by atoms with Gasteiger partial charge in [-0.05, 0) is 25.8 Å². The van der Waals surface area contributed by atoms with E-state index in [2.05, 4.69) is 12.2 Å². The highest BCUT2D eigenvalue weighted by Crippen LogP contribution is 2.20. The summed E-state index contributed by atoms with van der Waals surface area (Å²) in [5, 5.41) is 2.84. The van der Waals surface area contributed by atoms with Crippen molar-refractivity contribution in [3.05, 3.63) is 35.9 Å². The molecule has 0 saturated carbocycles. The number of hydrogen-bond donors (Lipinski definition) is 1. The van der Waals surface area contributed by atoms with E-state index in [-0.39, 0.29) is 11.8 Å². The van der Waals surface area contributed by atoms with Crippen LogP contribution in [0, 0.1) is 5.41 Å². The number of carbonyl (C=O) groups excluding carboxylic acids is 2. The minimum atomic E-state index is -1.04. The summed E-state index contributed by atoms with van der Waals surface area (Å²) in [4.78, 5) is 26.3. The van der Waals surface area contributed by atoms with Crippen molar-refractivity contribution in [1.29, 1.82) is 0 Å². The predicted octanol–water partition coefficient (Wildman–Crippen LogP) is 2.59. The van der Waals surface area contributed by atoms with Gasteiger partial charge >= 0.3 is 0 Å². The van der Waals surface area contributed by atoms with Crippen molar-refractivity contribution in [3.8, 4) is 0 Å². The summed E-state index contributed by atoms with van der Waals surface area (Å²) in [6.07, 6.45) is 1.94. The average Bonchev–Trinajstić information content (AvgIpc) is 2.47. The molecule has 4 heteroatoms. The number of amides is 2. The van der Waals surface area contributed by atoms with Gasteiger partial charge in [0.2, 0.25) is 11.8 Å². The zero-order valence-corrected chi connectivity index (χ0v) is 13.5. The SMILES string of the molecule is CCCCNC(=O)C(C)(C)C(=O)N(C)Cc1ccccc1. The number of benzene rings is 1. The summed E-state index contributed by atoms with van der Waals surface area (Å²) >= 11 is 0. The third-order valence-corrected chi connectivity index (χ3v) is 3.53. The first-order valence-corrected chi connectivity index (χ1v) is 7.47. The maximum absolute atomic E-state index is 12.5. The lowest BCUT2D eigenvalue weighted by Gasteiger charge is -2.28. The molecule has 0 aliphatic rings. The fraction of sp³-hybridized carbons (Fsp3) is 0.529. The molecule has 0 unspecified atom stereocenters. The molecule has 1 rings (SSSR count). The first kappa shape index (κ1) is 17.2. The van der Waals surface area contributed by atoms with Crippen molar-refractivity contribution in [3.63, 3.8) is 0 Å². The van der Waals surface area contributed by atoms with Gasteiger partial charge in [0.1, 0.15) is 5.41 Å². The van der Waals surface area contributed by atoms with E-state index in [0.717, 1.165) is 18.4 Å². The Labute approximate surface area is 127 Å². The van der Waals surface area contributed by atoms with Crippen LogP contribution in [-0.4, -0.2) is 30.3 Å². The molecule has 2 amide bonds. The molecule has 0 heterocycles. The van der Waals surface area contributed by atoms with Crippen molar-refractivity contribution in [2.45, 2.75) is 40.2 Å². The summed E-state index contributed by atoms with van der Waals surface area (Å²) in [5.41, 5.74) is 0.00705. The second kappa shape index (κ2) is 7.81. The lowest BCUT2D eigenvalue weighted by molar-refractivity contribution is -0.148. The number of nitrogens with zero attached hydrogens (tertiary/aromatic N) is 1. The molecule has 0 fully saturated rings. The second-order valence-electron chi connectivity index (χ2n) is 5.88. The van der Waals surface area contributed by atoms with E-state index in [9.17, 15) is 9.59 Å². The first-order valence-electron chi connectivity index (χ1n) is 7.47. The van der Waals surface area contributed by atoms with E-state index in [1.54, 1.807) is 25.8 Å². The van der Waals surface area contributed by atoms with Gasteiger partial charge in [-0.2, -0.15) is 0 Å². The van der Waals surface area contributed by atoms with Crippen LogP contribution in [0.1, 0.15) is 39.2 Å². The molecule has 1 aromatic rings. The van der Waals surface area contributed by atoms with Crippen LogP contribution in [0.25, 0.3) is 0 Å². The van der Waals surface area contributed by atoms with Gasteiger partial charge in [-0.3, -0.25) is 9.59 Å². The normalized spacial score (nSPS) is 11.0. The lowest BCUT2D eigenvalue weighted by Crippen LogP contribution is -2.48. The topological polar surface area (TPSA) is 49.4 Å². The highest BCUT2D eigenvalue weighted by atomic mass is 16.2. The number of rotatable bonds is 7. The Balaban J connectivity index is 2.64. The van der Waals surface area contributed by atoms with Crippen molar-refractivity contribution < 1.29 is 9.59 Å². The van der Waals surface area contributed by atoms with Crippen LogP contribution >= 0.6 is 0 Å². The monoisotopic (exact) mass is 290 g/mol. The van der Waals surface area contributed by atoms with E-state index < -0.39 is 5.41 Å². The van der Waals surface area contributed by atoms with E-state index >= 15 is 0 Å². The van der Waals surface area contributed by atoms with E-state index in [1.807, 2.05) is 30.3 Å². The smallest absolute Gasteiger partial charge is 0.237 e. The predicted molar refractivity (Wildman–Crippen MR) is 84.6 cm³/mol. The fourth-order valence-corrected chi connectivity index (χ4v) is 2.10. The minimum absolute atomic E-state index is 0.166. The molecule has 116 valence electrons. The van der Waals surface area contributed by atoms with Crippen molar-refractivity contribution in [2.75, 3.05) is 13.6 Å². The van der Waals surface area contributed by atoms with E-state index in [4.69, 9.17) is 0 Å². The average molecular weight is 290 g/mol. The minimum Gasteiger partial charge on any atom is -0.355 e. The highest BCUT2D eigenvalue weighted by Gasteiger charge is 2.37. The van der Waals surface area contributed by atoms with Gasteiger partial charge in [-0.1, -0.05) is 43.7 Å². The number of carbonyl (C=O) groups is 2. The van der Waals surface area contributed by atoms with Crippen LogP contribution in [0.4, 0.5) is 0 Å². The van der Waals surface area contributed by atoms with Crippen molar-refractivity contribution in [1.82, 2.24) is 10.2 Å². The van der Waals surface area contributed by atoms with E-state index in [1.165, 1.54) is 0 Å². The Morgan fingerprint density at radius 1 is 1.19 bits per heavy atom. The van der Waals surface area contributed by atoms with Gasteiger partial charge in [0.05, 0.1) is 0 Å². The van der Waals surface area contributed by atoms with Crippen molar-refractivity contribution >= 4 is 11.8 Å². The molecule has 0 aliphatic heterocycles. The molecular formula is C17H26N2O2. The third-order valence-electron chi connectivity index (χ3n) is 3.53. The molecule has 0 aromatic heterocycles. The molecular weight excluding hydrogens is 264 g/mol. The van der Waals surface area contributed by atoms with Crippen LogP contribution in [0.3, 0.4) is 0 Å². The highest BCUT2D eigenvalue weighted by molar-refractivity contribution is 6.04. The molecule has 1 N–H and O–H groups in total. The Hall–Kier alpha value is -1.84. The molecule has 0 bridgehead atoms. The Morgan fingerprint density at radius 3 is 2.38 bits per heavy atom. The van der Waals surface area contributed by atoms with Gasteiger partial charge in [-0.15, -0.1) is 0 Å². The molecule has 0 aliphatic carbocycles. The zero-order valence-electron chi connectivity index (χ0n) is 13.5. The Kier molecular flexibility index (Phi) is 6.40. The maximum atomic E-state index is 12.5. The quantitative estimate of drug-likeness (QED) is 0.620. The van der Waals surface area contributed by atoms with Gasteiger partial charge in [0, 0.05) is 20.1 Å². The maximum Gasteiger partial charge on any atom is 0.237 e. The number of hydrogen-bond acceptors (Lipinski definition) is 2. The molecule has 0 saturated heterocycles. The summed E-state index contributed by atoms with van der Waals surface area (Å²) < 4.78 is 0. The number of unbranched alkanes of at least 4 members (excludes halogenated alkanes) is 1. The molecule has 0 atom stereocenters. The molecule has 4 nitrogen and oxygen atoms in total. The largest absolute Gasteiger partial charge is 0.355 e. The summed E-state index contributed by atoms with van der Waals surface area (Å²) in [7, 11) is 1.73. The molecule has 1 aromatic carbocycles. The van der Waals surface area contributed by atoms with Crippen molar-refractivity contribution in [2.24, 2.45) is 5.41 Å². The Morgan fingerprint density at radius 2 is 1.81 bits per heavy atom. The summed E-state index contributed by atoms with van der Waals surface area (Å²) in [6.45, 7) is 6.55. The van der Waals surface area contributed by atoms with Gasteiger partial charge in [-0.25, -0.2) is 0 Å². The summed E-state index contributed by atoms with van der Waals surface area (Å²) in [6, 6.07) is 9.76. The van der Waals surface area contributed by atoms with Crippen LogP contribution < -0.4 is 5.32 Å². The van der Waals surface area contributed by atoms with Crippen LogP contribution in [0.15, 0.2) is 30.3 Å². The zero-order chi connectivity index (χ0) is 15.9. The van der Waals surface area contributed by atoms with E-state index in [0.29, 0.717) is 13.1 Å². The molecule has 21 heavy (non-hydrogen) atoms. The van der Waals surface area contributed by atoms with Gasteiger partial charge in [0.15, 0.2) is 0 Å². The molecule has 0 radical (unpaired) electrons. The van der Waals surface area contributed by atoms with Crippen LogP contribution in [0.2, 0.25) is 0 Å². The standard InChI is InChI=1S/C17H26N2O2/c1-5-6-12-18-15(20)17(2,3)16(21)19(4)13-14-10-8-7-9-11-14/h7-11H,5-6,12-13H2,1-4H3,(H,18,20). The first-order chi connectivity index (χ1) is 9.89. The van der Waals surface area contributed by atoms with Gasteiger partial charge < -0.3 is 10.2 Å². The lowest BCUT2D eigenvalue weighted by atomic mass is 9.90. The van der Waals surface area contributed by atoms with Crippen LogP contribution in [-0.2, 0) is 16.1 Å². The summed E-state index contributed by atoms with van der Waals surface area (Å²) in [5.74, 6) is -0.374. The van der Waals surface area contributed by atoms with Crippen LogP contribution in [0.5, 0.6) is 0 Å². The van der Waals surface area contributed by atoms with Gasteiger partial charge in [0.25, 0.3) is 0 Å². The Bertz CT molecular complexity index is 469. The number of nitrogens with one attached hydrogen (secondary N) is 1. The third kappa shape index (κ3) is 4.88. The molecule has 0 spiro atoms. The second-order valence-corrected chi connectivity index (χ2v) is 5.88.